The maximum Gasteiger partial charge on any atom is 0.178 e. The summed E-state index contributed by atoms with van der Waals surface area (Å²) in [4.78, 5) is 11.1. The normalized spacial score (nSPS) is 18.7. The lowest BCUT2D eigenvalue weighted by molar-refractivity contribution is -0.110. The molecule has 0 heterocycles. The van der Waals surface area contributed by atoms with Crippen molar-refractivity contribution in [1.29, 1.82) is 0 Å². The number of para-hydroxylation sites is 1. The molecule has 0 aromatic heterocycles. The lowest BCUT2D eigenvalue weighted by atomic mass is 9.90. The van der Waals surface area contributed by atoms with E-state index in [1.807, 2.05) is 38.1 Å². The summed E-state index contributed by atoms with van der Waals surface area (Å²) < 4.78 is 0. The highest BCUT2D eigenvalue weighted by Crippen LogP contribution is 2.23. The zero-order valence-electron chi connectivity index (χ0n) is 10.6. The standard InChI is InChI=1S/C15H17NO2/c1-11-5-3-4-6-14(11)16-12(2)15(18)9-7-13(17)8-10-15/h3-10,12,16,18H,1-2H3. The molecule has 1 atom stereocenters. The highest BCUT2D eigenvalue weighted by Gasteiger charge is 2.30. The van der Waals surface area contributed by atoms with E-state index in [1.165, 1.54) is 24.3 Å². The van der Waals surface area contributed by atoms with Crippen LogP contribution in [0.1, 0.15) is 12.5 Å². The first kappa shape index (κ1) is 12.6. The predicted molar refractivity (Wildman–Crippen MR) is 72.5 cm³/mol. The van der Waals surface area contributed by atoms with Gasteiger partial charge in [0.1, 0.15) is 5.60 Å². The van der Waals surface area contributed by atoms with Gasteiger partial charge < -0.3 is 10.4 Å². The topological polar surface area (TPSA) is 49.3 Å². The largest absolute Gasteiger partial charge is 0.379 e. The van der Waals surface area contributed by atoms with Gasteiger partial charge >= 0.3 is 0 Å². The average Bonchev–Trinajstić information content (AvgIpc) is 2.36. The molecular weight excluding hydrogens is 226 g/mol. The van der Waals surface area contributed by atoms with E-state index in [2.05, 4.69) is 5.32 Å². The van der Waals surface area contributed by atoms with Gasteiger partial charge in [0, 0.05) is 5.69 Å². The first-order valence-corrected chi connectivity index (χ1v) is 5.98. The molecule has 1 aliphatic rings. The Balaban J connectivity index is 2.16. The molecule has 2 rings (SSSR count). The predicted octanol–water partition coefficient (Wildman–Crippen LogP) is 2.22. The number of rotatable bonds is 3. The first-order chi connectivity index (χ1) is 8.51. The van der Waals surface area contributed by atoms with E-state index in [4.69, 9.17) is 0 Å². The van der Waals surface area contributed by atoms with E-state index in [1.54, 1.807) is 0 Å². The van der Waals surface area contributed by atoms with E-state index in [9.17, 15) is 9.90 Å². The molecule has 2 N–H and O–H groups in total. The monoisotopic (exact) mass is 243 g/mol. The van der Waals surface area contributed by atoms with Crippen molar-refractivity contribution in [1.82, 2.24) is 0 Å². The second kappa shape index (κ2) is 4.78. The van der Waals surface area contributed by atoms with Crippen LogP contribution in [0.5, 0.6) is 0 Å². The smallest absolute Gasteiger partial charge is 0.178 e. The molecule has 94 valence electrons. The fourth-order valence-electron chi connectivity index (χ4n) is 1.91. The Kier molecular flexibility index (Phi) is 3.34. The maximum atomic E-state index is 11.1. The van der Waals surface area contributed by atoms with Crippen molar-refractivity contribution >= 4 is 11.5 Å². The van der Waals surface area contributed by atoms with Crippen molar-refractivity contribution in [3.05, 3.63) is 54.1 Å². The van der Waals surface area contributed by atoms with Crippen molar-refractivity contribution in [3.8, 4) is 0 Å². The van der Waals surface area contributed by atoms with Crippen LogP contribution in [0.3, 0.4) is 0 Å². The summed E-state index contributed by atoms with van der Waals surface area (Å²) >= 11 is 0. The van der Waals surface area contributed by atoms with Crippen LogP contribution in [-0.2, 0) is 4.79 Å². The third-order valence-corrected chi connectivity index (χ3v) is 3.24. The summed E-state index contributed by atoms with van der Waals surface area (Å²) in [6.07, 6.45) is 5.86. The van der Waals surface area contributed by atoms with Crippen molar-refractivity contribution in [2.45, 2.75) is 25.5 Å². The molecule has 0 fully saturated rings. The SMILES string of the molecule is Cc1ccccc1NC(C)C1(O)C=CC(=O)C=C1. The summed E-state index contributed by atoms with van der Waals surface area (Å²) in [5, 5.41) is 13.7. The van der Waals surface area contributed by atoms with Gasteiger partial charge in [0.25, 0.3) is 0 Å². The van der Waals surface area contributed by atoms with Crippen molar-refractivity contribution in [2.24, 2.45) is 0 Å². The van der Waals surface area contributed by atoms with Crippen molar-refractivity contribution in [2.75, 3.05) is 5.32 Å². The summed E-state index contributed by atoms with van der Waals surface area (Å²) in [7, 11) is 0. The van der Waals surface area contributed by atoms with Gasteiger partial charge in [-0.1, -0.05) is 18.2 Å². The summed E-state index contributed by atoms with van der Waals surface area (Å²) in [6, 6.07) is 7.67. The van der Waals surface area contributed by atoms with Crippen LogP contribution in [0.4, 0.5) is 5.69 Å². The number of carbonyl (C=O) groups excluding carboxylic acids is 1. The number of anilines is 1. The fraction of sp³-hybridized carbons (Fsp3) is 0.267. The first-order valence-electron chi connectivity index (χ1n) is 5.98. The molecule has 1 aromatic rings. The molecular formula is C15H17NO2. The number of carbonyl (C=O) groups is 1. The summed E-state index contributed by atoms with van der Waals surface area (Å²) in [6.45, 7) is 3.89. The van der Waals surface area contributed by atoms with E-state index < -0.39 is 5.60 Å². The van der Waals surface area contributed by atoms with E-state index in [0.717, 1.165) is 11.3 Å². The number of aryl methyl sites for hydroxylation is 1. The fourth-order valence-corrected chi connectivity index (χ4v) is 1.91. The Labute approximate surface area is 107 Å². The molecule has 18 heavy (non-hydrogen) atoms. The number of hydrogen-bond donors (Lipinski definition) is 2. The number of nitrogens with one attached hydrogen (secondary N) is 1. The van der Waals surface area contributed by atoms with Gasteiger partial charge in [0.2, 0.25) is 0 Å². The Morgan fingerprint density at radius 2 is 1.83 bits per heavy atom. The van der Waals surface area contributed by atoms with Gasteiger partial charge in [-0.2, -0.15) is 0 Å². The van der Waals surface area contributed by atoms with Crippen LogP contribution < -0.4 is 5.32 Å². The number of hydrogen-bond acceptors (Lipinski definition) is 3. The second-order valence-electron chi connectivity index (χ2n) is 4.64. The molecule has 3 heteroatoms. The molecule has 0 radical (unpaired) electrons. The minimum absolute atomic E-state index is 0.0947. The zero-order valence-corrected chi connectivity index (χ0v) is 10.6. The third-order valence-electron chi connectivity index (χ3n) is 3.24. The Hall–Kier alpha value is -1.87. The molecule has 1 aliphatic carbocycles. The lowest BCUT2D eigenvalue weighted by Crippen LogP contribution is -2.43. The molecule has 3 nitrogen and oxygen atoms in total. The minimum atomic E-state index is -1.13. The molecule has 0 amide bonds. The van der Waals surface area contributed by atoms with Gasteiger partial charge in [-0.05, 0) is 49.8 Å². The van der Waals surface area contributed by atoms with E-state index in [-0.39, 0.29) is 11.8 Å². The molecule has 0 saturated heterocycles. The second-order valence-corrected chi connectivity index (χ2v) is 4.64. The van der Waals surface area contributed by atoms with Crippen LogP contribution in [0.25, 0.3) is 0 Å². The Morgan fingerprint density at radius 1 is 1.22 bits per heavy atom. The number of aliphatic hydroxyl groups is 1. The quantitative estimate of drug-likeness (QED) is 0.855. The molecule has 0 bridgehead atoms. The molecule has 0 saturated carbocycles. The minimum Gasteiger partial charge on any atom is -0.379 e. The van der Waals surface area contributed by atoms with Crippen molar-refractivity contribution in [3.63, 3.8) is 0 Å². The van der Waals surface area contributed by atoms with Crippen LogP contribution in [0.2, 0.25) is 0 Å². The maximum absolute atomic E-state index is 11.1. The lowest BCUT2D eigenvalue weighted by Gasteiger charge is -2.31. The van der Waals surface area contributed by atoms with Gasteiger partial charge in [0.05, 0.1) is 6.04 Å². The Morgan fingerprint density at radius 3 is 2.44 bits per heavy atom. The van der Waals surface area contributed by atoms with Gasteiger partial charge in [-0.3, -0.25) is 4.79 Å². The third kappa shape index (κ3) is 2.51. The average molecular weight is 243 g/mol. The van der Waals surface area contributed by atoms with Gasteiger partial charge in [-0.25, -0.2) is 0 Å². The zero-order chi connectivity index (χ0) is 13.2. The Bertz CT molecular complexity index is 501. The highest BCUT2D eigenvalue weighted by atomic mass is 16.3. The van der Waals surface area contributed by atoms with Crippen LogP contribution >= 0.6 is 0 Å². The molecule has 1 aromatic carbocycles. The van der Waals surface area contributed by atoms with Crippen LogP contribution in [-0.4, -0.2) is 22.5 Å². The van der Waals surface area contributed by atoms with Crippen molar-refractivity contribution < 1.29 is 9.90 Å². The number of benzene rings is 1. The van der Waals surface area contributed by atoms with Crippen LogP contribution in [0, 0.1) is 6.92 Å². The summed E-state index contributed by atoms with van der Waals surface area (Å²) in [5.41, 5.74) is 0.973. The van der Waals surface area contributed by atoms with Gasteiger partial charge in [0.15, 0.2) is 5.78 Å². The highest BCUT2D eigenvalue weighted by molar-refractivity contribution is 6.00. The number of ketones is 1. The van der Waals surface area contributed by atoms with E-state index in [0.29, 0.717) is 0 Å². The van der Waals surface area contributed by atoms with E-state index >= 15 is 0 Å². The summed E-state index contributed by atoms with van der Waals surface area (Å²) in [5.74, 6) is -0.0947. The number of allylic oxidation sites excluding steroid dienone is 2. The van der Waals surface area contributed by atoms with Crippen LogP contribution in [0.15, 0.2) is 48.6 Å². The molecule has 0 spiro atoms. The molecule has 1 unspecified atom stereocenters. The molecule has 0 aliphatic heterocycles. The van der Waals surface area contributed by atoms with Gasteiger partial charge in [-0.15, -0.1) is 0 Å².